The molecule has 0 radical (unpaired) electrons. The molecule has 1 aromatic carbocycles. The van der Waals surface area contributed by atoms with Crippen molar-refractivity contribution in [1.82, 2.24) is 0 Å². The van der Waals surface area contributed by atoms with E-state index in [9.17, 15) is 4.79 Å². The van der Waals surface area contributed by atoms with Gasteiger partial charge in [-0.1, -0.05) is 30.9 Å². The zero-order valence-corrected chi connectivity index (χ0v) is 11.9. The van der Waals surface area contributed by atoms with Crippen molar-refractivity contribution in [3.63, 3.8) is 0 Å². The number of rotatable bonds is 3. The Morgan fingerprint density at radius 1 is 1.42 bits per heavy atom. The van der Waals surface area contributed by atoms with E-state index in [-0.39, 0.29) is 5.78 Å². The van der Waals surface area contributed by atoms with Crippen molar-refractivity contribution in [3.8, 4) is 0 Å². The van der Waals surface area contributed by atoms with Crippen LogP contribution in [-0.4, -0.2) is 5.78 Å². The Labute approximate surface area is 115 Å². The van der Waals surface area contributed by atoms with Crippen LogP contribution >= 0.6 is 0 Å². The van der Waals surface area contributed by atoms with Gasteiger partial charge in [0.05, 0.1) is 5.41 Å². The number of hydrogen-bond acceptors (Lipinski definition) is 2. The first kappa shape index (κ1) is 13.6. The number of allylic oxidation sites excluding steroid dienone is 3. The Morgan fingerprint density at radius 2 is 2.11 bits per heavy atom. The number of carbonyl (C=O) groups excluding carboxylic acids is 1. The van der Waals surface area contributed by atoms with Crippen LogP contribution in [0.1, 0.15) is 36.5 Å². The van der Waals surface area contributed by atoms with Crippen molar-refractivity contribution in [2.24, 2.45) is 5.73 Å². The van der Waals surface area contributed by atoms with Crippen LogP contribution in [0.3, 0.4) is 0 Å². The molecule has 0 fully saturated rings. The van der Waals surface area contributed by atoms with Crippen molar-refractivity contribution in [2.75, 3.05) is 0 Å². The average Bonchev–Trinajstić information content (AvgIpc) is 2.70. The standard InChI is InChI=1S/C17H21NO/c1-5-14-16(18)9-10-17(14,13(4)19)15-8-6-7-11(2)12(15)3/h5-8H,1,9-10,18H2,2-4H3/t17-/m0/s1. The molecule has 1 aliphatic rings. The van der Waals surface area contributed by atoms with E-state index in [1.165, 1.54) is 11.1 Å². The summed E-state index contributed by atoms with van der Waals surface area (Å²) in [6.45, 7) is 9.66. The molecule has 0 saturated heterocycles. The Balaban J connectivity index is 2.76. The van der Waals surface area contributed by atoms with Crippen LogP contribution in [0, 0.1) is 13.8 Å². The molecule has 0 aromatic heterocycles. The molecule has 0 amide bonds. The van der Waals surface area contributed by atoms with Gasteiger partial charge in [0.25, 0.3) is 0 Å². The lowest BCUT2D eigenvalue weighted by atomic mass is 9.70. The summed E-state index contributed by atoms with van der Waals surface area (Å²) < 4.78 is 0. The highest BCUT2D eigenvalue weighted by Crippen LogP contribution is 2.46. The van der Waals surface area contributed by atoms with E-state index in [1.54, 1.807) is 13.0 Å². The maximum atomic E-state index is 12.4. The number of nitrogens with two attached hydrogens (primary N) is 1. The van der Waals surface area contributed by atoms with Crippen LogP contribution in [0.2, 0.25) is 0 Å². The fourth-order valence-electron chi connectivity index (χ4n) is 3.22. The molecule has 100 valence electrons. The first-order chi connectivity index (χ1) is 8.95. The maximum Gasteiger partial charge on any atom is 0.144 e. The largest absolute Gasteiger partial charge is 0.402 e. The zero-order chi connectivity index (χ0) is 14.2. The lowest BCUT2D eigenvalue weighted by molar-refractivity contribution is -0.121. The van der Waals surface area contributed by atoms with Gasteiger partial charge in [0.1, 0.15) is 5.78 Å². The van der Waals surface area contributed by atoms with E-state index in [0.717, 1.165) is 29.7 Å². The third-order valence-corrected chi connectivity index (χ3v) is 4.44. The maximum absolute atomic E-state index is 12.4. The van der Waals surface area contributed by atoms with E-state index < -0.39 is 5.41 Å². The normalized spacial score (nSPS) is 22.7. The van der Waals surface area contributed by atoms with Crippen LogP contribution < -0.4 is 5.73 Å². The van der Waals surface area contributed by atoms with Crippen molar-refractivity contribution in [1.29, 1.82) is 0 Å². The number of benzene rings is 1. The Hall–Kier alpha value is -1.83. The molecule has 1 atom stereocenters. The number of aryl methyl sites for hydroxylation is 1. The molecule has 2 heteroatoms. The third kappa shape index (κ3) is 1.83. The smallest absolute Gasteiger partial charge is 0.144 e. The van der Waals surface area contributed by atoms with Gasteiger partial charge in [0.15, 0.2) is 0 Å². The first-order valence-corrected chi connectivity index (χ1v) is 6.64. The number of hydrogen-bond donors (Lipinski definition) is 1. The second-order valence-electron chi connectivity index (χ2n) is 5.35. The monoisotopic (exact) mass is 255 g/mol. The number of Topliss-reactive ketones (excluding diaryl/α,β-unsaturated/α-hetero) is 1. The fraction of sp³-hybridized carbons (Fsp3) is 0.353. The van der Waals surface area contributed by atoms with Crippen LogP contribution in [0.4, 0.5) is 0 Å². The van der Waals surface area contributed by atoms with Crippen molar-refractivity contribution >= 4 is 5.78 Å². The second-order valence-corrected chi connectivity index (χ2v) is 5.35. The van der Waals surface area contributed by atoms with E-state index in [4.69, 9.17) is 5.73 Å². The van der Waals surface area contributed by atoms with Gasteiger partial charge in [0, 0.05) is 5.70 Å². The van der Waals surface area contributed by atoms with Gasteiger partial charge in [-0.3, -0.25) is 4.79 Å². The summed E-state index contributed by atoms with van der Waals surface area (Å²) in [4.78, 5) is 12.4. The summed E-state index contributed by atoms with van der Waals surface area (Å²) in [5.41, 5.74) is 10.6. The minimum Gasteiger partial charge on any atom is -0.402 e. The van der Waals surface area contributed by atoms with E-state index in [1.807, 2.05) is 12.1 Å². The predicted octanol–water partition coefficient (Wildman–Crippen LogP) is 3.32. The lowest BCUT2D eigenvalue weighted by Crippen LogP contribution is -2.34. The van der Waals surface area contributed by atoms with Crippen LogP contribution in [0.15, 0.2) is 42.1 Å². The quantitative estimate of drug-likeness (QED) is 0.900. The summed E-state index contributed by atoms with van der Waals surface area (Å²) >= 11 is 0. The molecule has 1 aliphatic carbocycles. The molecule has 2 rings (SSSR count). The zero-order valence-electron chi connectivity index (χ0n) is 11.9. The minimum atomic E-state index is -0.595. The highest BCUT2D eigenvalue weighted by molar-refractivity contribution is 5.94. The van der Waals surface area contributed by atoms with Crippen LogP contribution in [-0.2, 0) is 10.2 Å². The van der Waals surface area contributed by atoms with Gasteiger partial charge in [-0.25, -0.2) is 0 Å². The van der Waals surface area contributed by atoms with Crippen molar-refractivity contribution in [3.05, 3.63) is 58.8 Å². The summed E-state index contributed by atoms with van der Waals surface area (Å²) in [7, 11) is 0. The van der Waals surface area contributed by atoms with Gasteiger partial charge >= 0.3 is 0 Å². The molecular formula is C17H21NO. The highest BCUT2D eigenvalue weighted by atomic mass is 16.1. The molecule has 0 spiro atoms. The van der Waals surface area contributed by atoms with E-state index in [0.29, 0.717) is 0 Å². The number of ketones is 1. The first-order valence-electron chi connectivity index (χ1n) is 6.64. The van der Waals surface area contributed by atoms with E-state index >= 15 is 0 Å². The van der Waals surface area contributed by atoms with Gasteiger partial charge in [-0.15, -0.1) is 0 Å². The Kier molecular flexibility index (Phi) is 3.36. The summed E-state index contributed by atoms with van der Waals surface area (Å²) in [5, 5.41) is 0. The molecule has 0 aliphatic heterocycles. The van der Waals surface area contributed by atoms with Gasteiger partial charge in [-0.2, -0.15) is 0 Å². The van der Waals surface area contributed by atoms with Gasteiger partial charge in [-0.05, 0) is 55.9 Å². The lowest BCUT2D eigenvalue weighted by Gasteiger charge is -2.31. The Morgan fingerprint density at radius 3 is 2.68 bits per heavy atom. The van der Waals surface area contributed by atoms with Crippen LogP contribution in [0.25, 0.3) is 0 Å². The van der Waals surface area contributed by atoms with Crippen LogP contribution in [0.5, 0.6) is 0 Å². The van der Waals surface area contributed by atoms with Gasteiger partial charge < -0.3 is 5.73 Å². The number of carbonyl (C=O) groups is 1. The molecular weight excluding hydrogens is 234 g/mol. The molecule has 2 N–H and O–H groups in total. The van der Waals surface area contributed by atoms with Crippen molar-refractivity contribution in [2.45, 2.75) is 39.0 Å². The topological polar surface area (TPSA) is 43.1 Å². The summed E-state index contributed by atoms with van der Waals surface area (Å²) in [5.74, 6) is 0.150. The summed E-state index contributed by atoms with van der Waals surface area (Å²) in [6.07, 6.45) is 3.26. The molecule has 19 heavy (non-hydrogen) atoms. The average molecular weight is 255 g/mol. The Bertz CT molecular complexity index is 583. The van der Waals surface area contributed by atoms with E-state index in [2.05, 4.69) is 26.5 Å². The molecule has 2 nitrogen and oxygen atoms in total. The second kappa shape index (κ2) is 4.69. The molecule has 0 saturated carbocycles. The minimum absolute atomic E-state index is 0.150. The highest BCUT2D eigenvalue weighted by Gasteiger charge is 2.45. The third-order valence-electron chi connectivity index (χ3n) is 4.44. The fourth-order valence-corrected chi connectivity index (χ4v) is 3.22. The molecule has 0 unspecified atom stereocenters. The summed E-state index contributed by atoms with van der Waals surface area (Å²) in [6, 6.07) is 6.13. The predicted molar refractivity (Wildman–Crippen MR) is 78.9 cm³/mol. The molecule has 1 aromatic rings. The molecule has 0 bridgehead atoms. The van der Waals surface area contributed by atoms with Crippen molar-refractivity contribution < 1.29 is 4.79 Å². The SMILES string of the molecule is C=CC1=C(N)CC[C@@]1(C(C)=O)c1cccc(C)c1C. The van der Waals surface area contributed by atoms with Gasteiger partial charge in [0.2, 0.25) is 0 Å². The molecule has 0 heterocycles.